The minimum absolute atomic E-state index is 0.708. The van der Waals surface area contributed by atoms with Crippen molar-refractivity contribution in [2.45, 2.75) is 26.2 Å². The second kappa shape index (κ2) is 6.04. The minimum atomic E-state index is -2.67. The molecule has 4 heteroatoms. The molecular weight excluding hydrogens is 140 g/mol. The number of thiol groups is 1. The highest BCUT2D eigenvalue weighted by Gasteiger charge is 1.87. The zero-order chi connectivity index (χ0) is 7.11. The highest BCUT2D eigenvalue weighted by atomic mass is 32.2. The average Bonchev–Trinajstić information content (AvgIpc) is 1.80. The number of rotatable bonds is 5. The van der Waals surface area contributed by atoms with Gasteiger partial charge in [0, 0.05) is 0 Å². The van der Waals surface area contributed by atoms with Crippen LogP contribution in [0.5, 0.6) is 0 Å². The lowest BCUT2D eigenvalue weighted by atomic mass is 10.3. The van der Waals surface area contributed by atoms with Gasteiger partial charge in [-0.1, -0.05) is 19.8 Å². The summed E-state index contributed by atoms with van der Waals surface area (Å²) < 4.78 is 23.7. The van der Waals surface area contributed by atoms with Crippen LogP contribution in [-0.4, -0.2) is 8.42 Å². The summed E-state index contributed by atoms with van der Waals surface area (Å²) in [5.41, 5.74) is 0. The van der Waals surface area contributed by atoms with Gasteiger partial charge in [0.05, 0.1) is 0 Å². The lowest BCUT2D eigenvalue weighted by Crippen LogP contribution is -1.84. The zero-order valence-electron chi connectivity index (χ0n) is 5.37. The van der Waals surface area contributed by atoms with Crippen LogP contribution < -0.4 is 0 Å². The van der Waals surface area contributed by atoms with Crippen LogP contribution in [0.15, 0.2) is 0 Å². The number of hydrogen-bond acceptors (Lipinski definition) is 3. The van der Waals surface area contributed by atoms with Crippen molar-refractivity contribution in [1.82, 2.24) is 0 Å². The van der Waals surface area contributed by atoms with E-state index in [0.717, 1.165) is 12.8 Å². The fourth-order valence-electron chi connectivity index (χ4n) is 0.401. The Labute approximate surface area is 57.2 Å². The molecule has 0 aromatic rings. The highest BCUT2D eigenvalue weighted by molar-refractivity contribution is 7.67. The van der Waals surface area contributed by atoms with E-state index >= 15 is 0 Å². The minimum Gasteiger partial charge on any atom is -0.266 e. The van der Waals surface area contributed by atoms with Crippen LogP contribution in [0.1, 0.15) is 26.2 Å². The van der Waals surface area contributed by atoms with Gasteiger partial charge in [-0.3, -0.25) is 4.18 Å². The standard InChI is InChI=1S/C5H11O3S/c1-2-3-4-5-8-9(6)7/h5,9H,2-4H2,1H3. The van der Waals surface area contributed by atoms with Crippen molar-refractivity contribution in [3.8, 4) is 0 Å². The van der Waals surface area contributed by atoms with Gasteiger partial charge in [-0.25, -0.2) is 8.42 Å². The molecule has 9 heavy (non-hydrogen) atoms. The first-order chi connectivity index (χ1) is 4.27. The molecule has 0 amide bonds. The Bertz CT molecular complexity index is 111. The molecule has 0 aromatic heterocycles. The molecule has 0 bridgehead atoms. The first kappa shape index (κ1) is 8.91. The summed E-state index contributed by atoms with van der Waals surface area (Å²) in [6, 6.07) is 0. The molecule has 0 aromatic carbocycles. The van der Waals surface area contributed by atoms with E-state index in [2.05, 4.69) is 4.18 Å². The molecule has 0 unspecified atom stereocenters. The van der Waals surface area contributed by atoms with E-state index in [1.165, 1.54) is 6.61 Å². The molecule has 0 fully saturated rings. The summed E-state index contributed by atoms with van der Waals surface area (Å²) in [5, 5.41) is 0. The van der Waals surface area contributed by atoms with Crippen LogP contribution >= 0.6 is 0 Å². The van der Waals surface area contributed by atoms with Crippen molar-refractivity contribution in [1.29, 1.82) is 0 Å². The maximum absolute atomic E-state index is 9.75. The van der Waals surface area contributed by atoms with E-state index in [-0.39, 0.29) is 0 Å². The monoisotopic (exact) mass is 151 g/mol. The van der Waals surface area contributed by atoms with Gasteiger partial charge in [-0.15, -0.1) is 0 Å². The van der Waals surface area contributed by atoms with Crippen LogP contribution in [-0.2, 0) is 15.2 Å². The highest BCUT2D eigenvalue weighted by Crippen LogP contribution is 1.97. The van der Waals surface area contributed by atoms with E-state index in [0.29, 0.717) is 6.42 Å². The van der Waals surface area contributed by atoms with Crippen LogP contribution in [0.2, 0.25) is 0 Å². The topological polar surface area (TPSA) is 43.4 Å². The van der Waals surface area contributed by atoms with Crippen molar-refractivity contribution < 1.29 is 12.6 Å². The largest absolute Gasteiger partial charge is 0.266 e. The first-order valence-corrected chi connectivity index (χ1v) is 3.99. The number of unbranched alkanes of at least 4 members (excludes halogenated alkanes) is 2. The van der Waals surface area contributed by atoms with E-state index in [9.17, 15) is 8.42 Å². The van der Waals surface area contributed by atoms with Gasteiger partial charge in [-0.05, 0) is 6.42 Å². The predicted octanol–water partition coefficient (Wildman–Crippen LogP) is 0.881. The average molecular weight is 151 g/mol. The molecule has 0 aliphatic carbocycles. The molecule has 3 nitrogen and oxygen atoms in total. The summed E-state index contributed by atoms with van der Waals surface area (Å²) in [4.78, 5) is 0. The van der Waals surface area contributed by atoms with Crippen LogP contribution in [0.4, 0.5) is 0 Å². The Balaban J connectivity index is 2.92. The van der Waals surface area contributed by atoms with Crippen LogP contribution in [0, 0.1) is 6.61 Å². The molecule has 55 valence electrons. The van der Waals surface area contributed by atoms with Gasteiger partial charge in [0.2, 0.25) is 0 Å². The Morgan fingerprint density at radius 2 is 2.22 bits per heavy atom. The maximum atomic E-state index is 9.75. The lowest BCUT2D eigenvalue weighted by molar-refractivity contribution is 0.394. The van der Waals surface area contributed by atoms with Crippen molar-refractivity contribution in [2.24, 2.45) is 0 Å². The third kappa shape index (κ3) is 7.91. The first-order valence-electron chi connectivity index (χ1n) is 2.90. The predicted molar refractivity (Wildman–Crippen MR) is 35.2 cm³/mol. The molecule has 0 saturated carbocycles. The Kier molecular flexibility index (Phi) is 5.98. The van der Waals surface area contributed by atoms with Crippen molar-refractivity contribution >= 4 is 11.0 Å². The zero-order valence-corrected chi connectivity index (χ0v) is 6.27. The summed E-state index contributed by atoms with van der Waals surface area (Å²) in [5.74, 6) is 0. The van der Waals surface area contributed by atoms with E-state index in [1.54, 1.807) is 0 Å². The Hall–Kier alpha value is -0.0900. The van der Waals surface area contributed by atoms with Crippen molar-refractivity contribution in [2.75, 3.05) is 0 Å². The van der Waals surface area contributed by atoms with Gasteiger partial charge in [0.15, 0.2) is 0 Å². The summed E-state index contributed by atoms with van der Waals surface area (Å²) in [7, 11) is -2.67. The molecule has 0 atom stereocenters. The Morgan fingerprint density at radius 3 is 2.67 bits per heavy atom. The summed E-state index contributed by atoms with van der Waals surface area (Å²) in [6.07, 6.45) is 2.73. The lowest BCUT2D eigenvalue weighted by Gasteiger charge is -1.91. The quantitative estimate of drug-likeness (QED) is 0.468. The van der Waals surface area contributed by atoms with Gasteiger partial charge < -0.3 is 0 Å². The van der Waals surface area contributed by atoms with E-state index in [4.69, 9.17) is 0 Å². The third-order valence-corrected chi connectivity index (χ3v) is 1.16. The Morgan fingerprint density at radius 1 is 1.56 bits per heavy atom. The van der Waals surface area contributed by atoms with Gasteiger partial charge in [-0.2, -0.15) is 0 Å². The van der Waals surface area contributed by atoms with Crippen LogP contribution in [0.3, 0.4) is 0 Å². The summed E-state index contributed by atoms with van der Waals surface area (Å²) in [6.45, 7) is 3.35. The molecule has 0 rings (SSSR count). The third-order valence-electron chi connectivity index (χ3n) is 0.836. The molecule has 1 radical (unpaired) electrons. The molecule has 0 heterocycles. The molecule has 0 aliphatic rings. The SMILES string of the molecule is CCCC[CH]O[SH](=O)=O. The van der Waals surface area contributed by atoms with Gasteiger partial charge in [0.1, 0.15) is 6.61 Å². The van der Waals surface area contributed by atoms with Gasteiger partial charge in [0.25, 0.3) is 11.0 Å². The maximum Gasteiger partial charge on any atom is 0.257 e. The molecule has 0 N–H and O–H groups in total. The van der Waals surface area contributed by atoms with Crippen molar-refractivity contribution in [3.05, 3.63) is 6.61 Å². The second-order valence-corrected chi connectivity index (χ2v) is 2.30. The summed E-state index contributed by atoms with van der Waals surface area (Å²) >= 11 is 0. The normalized spacial score (nSPS) is 10.4. The smallest absolute Gasteiger partial charge is 0.257 e. The number of hydrogen-bond donors (Lipinski definition) is 1. The van der Waals surface area contributed by atoms with Gasteiger partial charge >= 0.3 is 0 Å². The fraction of sp³-hybridized carbons (Fsp3) is 0.800. The van der Waals surface area contributed by atoms with E-state index < -0.39 is 11.0 Å². The molecule has 0 aliphatic heterocycles. The molecule has 0 spiro atoms. The second-order valence-electron chi connectivity index (χ2n) is 1.64. The fourth-order valence-corrected chi connectivity index (χ4v) is 0.628. The van der Waals surface area contributed by atoms with Crippen molar-refractivity contribution in [3.63, 3.8) is 0 Å². The molecule has 0 saturated heterocycles. The van der Waals surface area contributed by atoms with E-state index in [1.807, 2.05) is 6.92 Å². The van der Waals surface area contributed by atoms with Crippen LogP contribution in [0.25, 0.3) is 0 Å². The molecular formula is C5H11O3S.